The number of phenolic OH excluding ortho intramolecular Hbond substituents is 1. The van der Waals surface area contributed by atoms with Gasteiger partial charge < -0.3 is 5.11 Å². The van der Waals surface area contributed by atoms with Gasteiger partial charge in [0.2, 0.25) is 5.13 Å². The van der Waals surface area contributed by atoms with E-state index in [4.69, 9.17) is 0 Å². The molecule has 3 aromatic rings. The number of benzene rings is 2. The van der Waals surface area contributed by atoms with Crippen molar-refractivity contribution in [2.24, 2.45) is 0 Å². The summed E-state index contributed by atoms with van der Waals surface area (Å²) in [6.07, 6.45) is 0. The first-order chi connectivity index (χ1) is 9.25. The normalized spacial score (nSPS) is 10.5. The summed E-state index contributed by atoms with van der Waals surface area (Å²) in [6, 6.07) is 10.6. The fourth-order valence-corrected chi connectivity index (χ4v) is 2.15. The smallest absolute Gasteiger partial charge is 0.261 e. The first-order valence-corrected chi connectivity index (χ1v) is 6.20. The highest BCUT2D eigenvalue weighted by atomic mass is 32.1. The first-order valence-electron chi connectivity index (χ1n) is 5.43. The third kappa shape index (κ3) is 2.11. The van der Waals surface area contributed by atoms with E-state index < -0.39 is 5.91 Å². The zero-order chi connectivity index (χ0) is 13.2. The van der Waals surface area contributed by atoms with Gasteiger partial charge in [0.1, 0.15) is 5.75 Å². The Kier molecular flexibility index (Phi) is 2.81. The molecule has 7 heteroatoms. The Balaban J connectivity index is 2.01. The average molecular weight is 272 g/mol. The number of carbonyl (C=O) groups excluding carboxylic acids is 1. The van der Waals surface area contributed by atoms with Crippen molar-refractivity contribution in [1.29, 1.82) is 0 Å². The van der Waals surface area contributed by atoms with Crippen molar-refractivity contribution in [2.75, 3.05) is 5.32 Å². The van der Waals surface area contributed by atoms with E-state index >= 15 is 0 Å². The molecule has 19 heavy (non-hydrogen) atoms. The van der Waals surface area contributed by atoms with E-state index in [0.29, 0.717) is 5.39 Å². The molecule has 94 valence electrons. The van der Waals surface area contributed by atoms with Gasteiger partial charge in [-0.1, -0.05) is 39.9 Å². The minimum Gasteiger partial charge on any atom is -0.506 e. The van der Waals surface area contributed by atoms with E-state index in [0.717, 1.165) is 16.9 Å². The van der Waals surface area contributed by atoms with E-state index in [2.05, 4.69) is 20.1 Å². The van der Waals surface area contributed by atoms with Crippen LogP contribution < -0.4 is 5.32 Å². The number of rotatable bonds is 2. The summed E-state index contributed by atoms with van der Waals surface area (Å²) in [4.78, 5) is 12.0. The number of aromatic nitrogens is 3. The maximum absolute atomic E-state index is 12.0. The minimum atomic E-state index is -0.443. The molecular formula is C12H8N4O2S. The highest BCUT2D eigenvalue weighted by Crippen LogP contribution is 2.29. The number of phenols is 1. The van der Waals surface area contributed by atoms with Crippen LogP contribution in [0.4, 0.5) is 5.13 Å². The molecule has 0 radical (unpaired) electrons. The van der Waals surface area contributed by atoms with Crippen LogP contribution in [0.3, 0.4) is 0 Å². The van der Waals surface area contributed by atoms with Crippen molar-refractivity contribution in [2.45, 2.75) is 0 Å². The number of aromatic hydroxyl groups is 1. The van der Waals surface area contributed by atoms with Gasteiger partial charge in [0.05, 0.1) is 5.56 Å². The second kappa shape index (κ2) is 4.62. The molecular weight excluding hydrogens is 264 g/mol. The predicted octanol–water partition coefficient (Wildman–Crippen LogP) is 2.04. The van der Waals surface area contributed by atoms with E-state index in [9.17, 15) is 9.90 Å². The number of hydrogen-bond donors (Lipinski definition) is 2. The summed E-state index contributed by atoms with van der Waals surface area (Å²) in [5, 5.41) is 21.5. The Morgan fingerprint density at radius 1 is 1.21 bits per heavy atom. The maximum atomic E-state index is 12.0. The van der Waals surface area contributed by atoms with E-state index in [1.165, 1.54) is 0 Å². The van der Waals surface area contributed by atoms with Crippen LogP contribution in [-0.4, -0.2) is 25.8 Å². The number of hydrogen-bond acceptors (Lipinski definition) is 6. The molecule has 0 aliphatic carbocycles. The number of anilines is 1. The third-order valence-corrected chi connectivity index (χ3v) is 3.18. The van der Waals surface area contributed by atoms with Gasteiger partial charge in [-0.3, -0.25) is 10.1 Å². The second-order valence-corrected chi connectivity index (χ2v) is 4.54. The number of fused-ring (bicyclic) bond motifs is 1. The molecule has 0 saturated heterocycles. The van der Waals surface area contributed by atoms with E-state index in [1.54, 1.807) is 24.3 Å². The van der Waals surface area contributed by atoms with Crippen LogP contribution >= 0.6 is 11.5 Å². The average Bonchev–Trinajstić information content (AvgIpc) is 2.92. The van der Waals surface area contributed by atoms with Gasteiger partial charge in [-0.2, -0.15) is 0 Å². The molecule has 2 aromatic carbocycles. The molecule has 6 nitrogen and oxygen atoms in total. The molecule has 1 heterocycles. The Hall–Kier alpha value is -2.54. The van der Waals surface area contributed by atoms with Gasteiger partial charge in [0.25, 0.3) is 5.91 Å². The van der Waals surface area contributed by atoms with Crippen LogP contribution in [0.2, 0.25) is 0 Å². The fourth-order valence-electron chi connectivity index (χ4n) is 1.78. The molecule has 0 bridgehead atoms. The van der Waals surface area contributed by atoms with Crippen molar-refractivity contribution in [3.05, 3.63) is 42.0 Å². The van der Waals surface area contributed by atoms with Crippen LogP contribution in [-0.2, 0) is 0 Å². The standard InChI is InChI=1S/C12H8N4O2S/c17-10-8-4-2-1-3-7(8)5-6-9(10)11(18)13-12-14-15-16-19-12/h1-6,17H,(H,13,14,16,18). The predicted molar refractivity (Wildman–Crippen MR) is 71.3 cm³/mol. The molecule has 0 aliphatic heterocycles. The molecule has 0 aliphatic rings. The fraction of sp³-hybridized carbons (Fsp3) is 0. The van der Waals surface area contributed by atoms with Crippen molar-refractivity contribution < 1.29 is 9.90 Å². The lowest BCUT2D eigenvalue weighted by molar-refractivity contribution is 0.102. The van der Waals surface area contributed by atoms with Crippen LogP contribution in [0.15, 0.2) is 36.4 Å². The summed E-state index contributed by atoms with van der Waals surface area (Å²) < 4.78 is 3.54. The Morgan fingerprint density at radius 3 is 2.84 bits per heavy atom. The third-order valence-electron chi connectivity index (χ3n) is 2.67. The van der Waals surface area contributed by atoms with Gasteiger partial charge in [-0.15, -0.1) is 0 Å². The summed E-state index contributed by atoms with van der Waals surface area (Å²) in [5.74, 6) is -0.491. The summed E-state index contributed by atoms with van der Waals surface area (Å²) in [5.41, 5.74) is 0.189. The molecule has 0 fully saturated rings. The van der Waals surface area contributed by atoms with Crippen molar-refractivity contribution in [3.8, 4) is 5.75 Å². The number of nitrogens with one attached hydrogen (secondary N) is 1. The topological polar surface area (TPSA) is 88.0 Å². The highest BCUT2D eigenvalue weighted by molar-refractivity contribution is 7.09. The van der Waals surface area contributed by atoms with Gasteiger partial charge >= 0.3 is 0 Å². The monoisotopic (exact) mass is 272 g/mol. The molecule has 2 N–H and O–H groups in total. The van der Waals surface area contributed by atoms with Crippen LogP contribution in [0.25, 0.3) is 10.8 Å². The number of nitrogens with zero attached hydrogens (tertiary/aromatic N) is 3. The van der Waals surface area contributed by atoms with Crippen LogP contribution in [0.1, 0.15) is 10.4 Å². The van der Waals surface area contributed by atoms with Gasteiger partial charge in [0, 0.05) is 16.9 Å². The molecule has 0 spiro atoms. The van der Waals surface area contributed by atoms with Crippen molar-refractivity contribution in [3.63, 3.8) is 0 Å². The summed E-state index contributed by atoms with van der Waals surface area (Å²) in [7, 11) is 0. The summed E-state index contributed by atoms with van der Waals surface area (Å²) >= 11 is 0.970. The van der Waals surface area contributed by atoms with Crippen molar-refractivity contribution >= 4 is 33.3 Å². The molecule has 0 atom stereocenters. The summed E-state index contributed by atoms with van der Waals surface area (Å²) in [6.45, 7) is 0. The molecule has 1 aromatic heterocycles. The molecule has 1 amide bonds. The van der Waals surface area contributed by atoms with Gasteiger partial charge in [-0.05, 0) is 16.7 Å². The van der Waals surface area contributed by atoms with Gasteiger partial charge in [-0.25, -0.2) is 0 Å². The lowest BCUT2D eigenvalue weighted by Gasteiger charge is -2.06. The Labute approximate surface area is 111 Å². The number of amides is 1. The van der Waals surface area contributed by atoms with Crippen LogP contribution in [0, 0.1) is 0 Å². The molecule has 0 unspecified atom stereocenters. The quantitative estimate of drug-likeness (QED) is 0.745. The highest BCUT2D eigenvalue weighted by Gasteiger charge is 2.15. The van der Waals surface area contributed by atoms with E-state index in [1.807, 2.05) is 12.1 Å². The largest absolute Gasteiger partial charge is 0.506 e. The van der Waals surface area contributed by atoms with Crippen molar-refractivity contribution in [1.82, 2.24) is 14.8 Å². The lowest BCUT2D eigenvalue weighted by atomic mass is 10.1. The molecule has 0 saturated carbocycles. The zero-order valence-corrected chi connectivity index (χ0v) is 10.4. The first kappa shape index (κ1) is 11.5. The second-order valence-electron chi connectivity index (χ2n) is 3.80. The minimum absolute atomic E-state index is 0.0481. The molecule has 3 rings (SSSR count). The lowest BCUT2D eigenvalue weighted by Crippen LogP contribution is -2.12. The Morgan fingerprint density at radius 2 is 2.05 bits per heavy atom. The van der Waals surface area contributed by atoms with Crippen LogP contribution in [0.5, 0.6) is 5.75 Å². The van der Waals surface area contributed by atoms with E-state index in [-0.39, 0.29) is 16.4 Å². The zero-order valence-electron chi connectivity index (χ0n) is 9.57. The SMILES string of the molecule is O=C(Nc1nnns1)c1ccc2ccccc2c1O. The Bertz CT molecular complexity index is 743. The maximum Gasteiger partial charge on any atom is 0.261 e. The number of carbonyl (C=O) groups is 1. The van der Waals surface area contributed by atoms with Gasteiger partial charge in [0.15, 0.2) is 0 Å².